The van der Waals surface area contributed by atoms with Gasteiger partial charge in [-0.1, -0.05) is 44.2 Å². The lowest BCUT2D eigenvalue weighted by Crippen LogP contribution is -2.38. The maximum atomic E-state index is 13.0. The highest BCUT2D eigenvalue weighted by molar-refractivity contribution is 7.17. The van der Waals surface area contributed by atoms with Crippen molar-refractivity contribution in [1.82, 2.24) is 14.9 Å². The minimum absolute atomic E-state index is 0.120. The fraction of sp³-hybridized carbons (Fsp3) is 0.520. The first-order valence-corrected chi connectivity index (χ1v) is 12.1. The van der Waals surface area contributed by atoms with Gasteiger partial charge in [-0.3, -0.25) is 9.69 Å². The Balaban J connectivity index is 1.79. The number of aliphatic hydroxyl groups is 1. The molecule has 0 fully saturated rings. The van der Waals surface area contributed by atoms with E-state index < -0.39 is 6.10 Å². The summed E-state index contributed by atoms with van der Waals surface area (Å²) in [6, 6.07) is 9.91. The van der Waals surface area contributed by atoms with Crippen molar-refractivity contribution in [2.24, 2.45) is 5.92 Å². The molecule has 3 aromatic rings. The van der Waals surface area contributed by atoms with Crippen LogP contribution in [0.3, 0.4) is 0 Å². The van der Waals surface area contributed by atoms with Gasteiger partial charge in [0.25, 0.3) is 5.56 Å². The van der Waals surface area contributed by atoms with Crippen molar-refractivity contribution < 1.29 is 9.84 Å². The fourth-order valence-corrected chi connectivity index (χ4v) is 4.45. The number of H-pyrrole nitrogens is 1. The first kappa shape index (κ1) is 24.6. The Hall–Kier alpha value is -2.06. The summed E-state index contributed by atoms with van der Waals surface area (Å²) in [6.07, 6.45) is 0.388. The highest BCUT2D eigenvalue weighted by Crippen LogP contribution is 2.30. The number of fused-ring (bicyclic) bond motifs is 1. The van der Waals surface area contributed by atoms with Crippen LogP contribution in [-0.4, -0.2) is 51.4 Å². The van der Waals surface area contributed by atoms with E-state index >= 15 is 0 Å². The number of aromatic nitrogens is 2. The fourth-order valence-electron chi connectivity index (χ4n) is 3.48. The lowest BCUT2D eigenvalue weighted by atomic mass is 10.1. The Morgan fingerprint density at radius 2 is 1.94 bits per heavy atom. The third kappa shape index (κ3) is 6.97. The van der Waals surface area contributed by atoms with Crippen LogP contribution in [0.4, 0.5) is 0 Å². The minimum Gasteiger partial charge on any atom is -0.389 e. The normalized spacial score (nSPS) is 13.4. The van der Waals surface area contributed by atoms with Crippen LogP contribution < -0.4 is 5.56 Å². The Morgan fingerprint density at radius 1 is 1.22 bits per heavy atom. The standard InChI is InChI=1S/C25H35N3O3S/c1-17(2)11-12-28(13-19(29)15-31-25(3,4)5)14-21-26-23(30)22-20(16-32-24(22)27-21)18-9-7-6-8-10-18/h6-10,16-17,19,29H,11-15H2,1-5H3,(H,26,27,30). The van der Waals surface area contributed by atoms with Crippen molar-refractivity contribution in [3.05, 3.63) is 51.9 Å². The second kappa shape index (κ2) is 10.7. The average Bonchev–Trinajstić information content (AvgIpc) is 3.15. The van der Waals surface area contributed by atoms with Crippen molar-refractivity contribution in [3.8, 4) is 11.1 Å². The highest BCUT2D eigenvalue weighted by Gasteiger charge is 2.19. The predicted octanol–water partition coefficient (Wildman–Crippen LogP) is 4.68. The summed E-state index contributed by atoms with van der Waals surface area (Å²) in [5.74, 6) is 1.16. The van der Waals surface area contributed by atoms with Crippen molar-refractivity contribution in [2.45, 2.75) is 59.3 Å². The van der Waals surface area contributed by atoms with E-state index in [1.54, 1.807) is 0 Å². The van der Waals surface area contributed by atoms with Crippen LogP contribution in [0.2, 0.25) is 0 Å². The number of hydrogen-bond donors (Lipinski definition) is 2. The molecule has 2 N–H and O–H groups in total. The van der Waals surface area contributed by atoms with Crippen LogP contribution in [-0.2, 0) is 11.3 Å². The van der Waals surface area contributed by atoms with Crippen LogP contribution in [0.15, 0.2) is 40.5 Å². The Kier molecular flexibility index (Phi) is 8.22. The summed E-state index contributed by atoms with van der Waals surface area (Å²) in [7, 11) is 0. The maximum Gasteiger partial charge on any atom is 0.260 e. The van der Waals surface area contributed by atoms with E-state index in [1.807, 2.05) is 56.5 Å². The van der Waals surface area contributed by atoms with Gasteiger partial charge in [-0.05, 0) is 45.2 Å². The second-order valence-electron chi connectivity index (χ2n) is 9.70. The molecule has 1 atom stereocenters. The summed E-state index contributed by atoms with van der Waals surface area (Å²) >= 11 is 1.49. The molecule has 1 unspecified atom stereocenters. The van der Waals surface area contributed by atoms with E-state index in [-0.39, 0.29) is 17.8 Å². The molecular weight excluding hydrogens is 422 g/mol. The summed E-state index contributed by atoms with van der Waals surface area (Å²) in [6.45, 7) is 12.3. The zero-order valence-corrected chi connectivity index (χ0v) is 20.5. The number of nitrogens with zero attached hydrogens (tertiary/aromatic N) is 2. The number of rotatable bonds is 10. The van der Waals surface area contributed by atoms with Crippen LogP contribution >= 0.6 is 11.3 Å². The smallest absolute Gasteiger partial charge is 0.260 e. The summed E-state index contributed by atoms with van der Waals surface area (Å²) < 4.78 is 5.74. The van der Waals surface area contributed by atoms with E-state index in [9.17, 15) is 9.90 Å². The van der Waals surface area contributed by atoms with E-state index in [2.05, 4.69) is 23.7 Å². The number of aromatic amines is 1. The number of aliphatic hydroxyl groups excluding tert-OH is 1. The van der Waals surface area contributed by atoms with Crippen LogP contribution in [0, 0.1) is 5.92 Å². The molecule has 2 heterocycles. The summed E-state index contributed by atoms with van der Waals surface area (Å²) in [5.41, 5.74) is 1.51. The number of thiophene rings is 1. The molecule has 174 valence electrons. The number of nitrogens with one attached hydrogen (secondary N) is 1. The van der Waals surface area contributed by atoms with E-state index in [0.29, 0.717) is 30.2 Å². The summed E-state index contributed by atoms with van der Waals surface area (Å²) in [4.78, 5) is 23.6. The van der Waals surface area contributed by atoms with Crippen molar-refractivity contribution in [2.75, 3.05) is 19.7 Å². The molecular formula is C25H35N3O3S. The average molecular weight is 458 g/mol. The number of benzene rings is 1. The molecule has 0 aliphatic carbocycles. The van der Waals surface area contributed by atoms with Gasteiger partial charge in [0.05, 0.1) is 30.2 Å². The molecule has 0 bridgehead atoms. The van der Waals surface area contributed by atoms with Gasteiger partial charge in [0.15, 0.2) is 0 Å². The minimum atomic E-state index is -0.608. The molecule has 3 rings (SSSR count). The van der Waals surface area contributed by atoms with Gasteiger partial charge in [0.2, 0.25) is 0 Å². The van der Waals surface area contributed by atoms with Crippen LogP contribution in [0.25, 0.3) is 21.3 Å². The van der Waals surface area contributed by atoms with Gasteiger partial charge in [0, 0.05) is 17.5 Å². The molecule has 0 amide bonds. The van der Waals surface area contributed by atoms with E-state index in [0.717, 1.165) is 28.9 Å². The molecule has 0 saturated carbocycles. The largest absolute Gasteiger partial charge is 0.389 e. The monoisotopic (exact) mass is 457 g/mol. The molecule has 0 aliphatic heterocycles. The van der Waals surface area contributed by atoms with E-state index in [1.165, 1.54) is 11.3 Å². The number of ether oxygens (including phenoxy) is 1. The van der Waals surface area contributed by atoms with Gasteiger partial charge in [-0.25, -0.2) is 4.98 Å². The molecule has 0 spiro atoms. The highest BCUT2D eigenvalue weighted by atomic mass is 32.1. The third-order valence-electron chi connectivity index (χ3n) is 5.15. The summed E-state index contributed by atoms with van der Waals surface area (Å²) in [5, 5.41) is 13.2. The molecule has 6 nitrogen and oxygen atoms in total. The van der Waals surface area contributed by atoms with Crippen molar-refractivity contribution in [1.29, 1.82) is 0 Å². The van der Waals surface area contributed by atoms with E-state index in [4.69, 9.17) is 9.72 Å². The van der Waals surface area contributed by atoms with Crippen LogP contribution in [0.1, 0.15) is 46.9 Å². The Morgan fingerprint density at radius 3 is 2.59 bits per heavy atom. The van der Waals surface area contributed by atoms with Gasteiger partial charge >= 0.3 is 0 Å². The lowest BCUT2D eigenvalue weighted by Gasteiger charge is -2.27. The molecule has 7 heteroatoms. The quantitative estimate of drug-likeness (QED) is 0.462. The Labute approximate surface area is 194 Å². The van der Waals surface area contributed by atoms with Gasteiger partial charge in [0.1, 0.15) is 10.7 Å². The van der Waals surface area contributed by atoms with Crippen molar-refractivity contribution >= 4 is 21.6 Å². The molecule has 1 aromatic carbocycles. The zero-order valence-electron chi connectivity index (χ0n) is 19.7. The first-order chi connectivity index (χ1) is 15.1. The SMILES string of the molecule is CC(C)CCN(Cc1nc2scc(-c3ccccc3)c2c(=O)[nH]1)CC(O)COC(C)(C)C. The van der Waals surface area contributed by atoms with Crippen molar-refractivity contribution in [3.63, 3.8) is 0 Å². The van der Waals surface area contributed by atoms with Crippen LogP contribution in [0.5, 0.6) is 0 Å². The molecule has 32 heavy (non-hydrogen) atoms. The second-order valence-corrected chi connectivity index (χ2v) is 10.6. The Bertz CT molecular complexity index is 1050. The molecule has 0 aliphatic rings. The first-order valence-electron chi connectivity index (χ1n) is 11.2. The van der Waals surface area contributed by atoms with Gasteiger partial charge in [-0.2, -0.15) is 0 Å². The number of hydrogen-bond acceptors (Lipinski definition) is 6. The lowest BCUT2D eigenvalue weighted by molar-refractivity contribution is -0.0570. The maximum absolute atomic E-state index is 13.0. The van der Waals surface area contributed by atoms with Gasteiger partial charge < -0.3 is 14.8 Å². The molecule has 2 aromatic heterocycles. The van der Waals surface area contributed by atoms with Gasteiger partial charge in [-0.15, -0.1) is 11.3 Å². The zero-order chi connectivity index (χ0) is 23.3. The topological polar surface area (TPSA) is 78.5 Å². The third-order valence-corrected chi connectivity index (χ3v) is 6.02. The predicted molar refractivity (Wildman–Crippen MR) is 132 cm³/mol. The molecule has 0 saturated heterocycles. The molecule has 0 radical (unpaired) electrons.